The predicted octanol–water partition coefficient (Wildman–Crippen LogP) is 0.608. The maximum Gasteiger partial charge on any atom is 0.221 e. The van der Waals surface area contributed by atoms with Crippen LogP contribution in [-0.2, 0) is 4.79 Å². The summed E-state index contributed by atoms with van der Waals surface area (Å²) in [6.45, 7) is 2.07. The van der Waals surface area contributed by atoms with E-state index >= 15 is 0 Å². The summed E-state index contributed by atoms with van der Waals surface area (Å²) in [6.07, 6.45) is 4.83. The lowest BCUT2D eigenvalue weighted by molar-refractivity contribution is -0.121. The van der Waals surface area contributed by atoms with Crippen LogP contribution >= 0.6 is 11.8 Å². The van der Waals surface area contributed by atoms with Crippen LogP contribution < -0.4 is 10.6 Å². The van der Waals surface area contributed by atoms with Crippen LogP contribution in [0.25, 0.3) is 0 Å². The average Bonchev–Trinajstić information content (AvgIpc) is 2.16. The van der Waals surface area contributed by atoms with Crippen molar-refractivity contribution >= 4 is 17.7 Å². The standard InChI is InChI=1S/C9H18N2OS/c1-13-7-4-9(12)11-8-2-5-10-6-3-8/h8,10H,2-7H2,1H3,(H,11,12). The van der Waals surface area contributed by atoms with Gasteiger partial charge >= 0.3 is 0 Å². The summed E-state index contributed by atoms with van der Waals surface area (Å²) in [6, 6.07) is 0.413. The highest BCUT2D eigenvalue weighted by Gasteiger charge is 2.14. The highest BCUT2D eigenvalue weighted by molar-refractivity contribution is 7.98. The Kier molecular flexibility index (Phi) is 5.23. The molecule has 1 amide bonds. The molecular formula is C9H18N2OS. The molecule has 0 aromatic carbocycles. The largest absolute Gasteiger partial charge is 0.353 e. The summed E-state index contributed by atoms with van der Waals surface area (Å²) in [4.78, 5) is 11.3. The van der Waals surface area contributed by atoms with Gasteiger partial charge in [-0.3, -0.25) is 4.79 Å². The number of hydrogen-bond acceptors (Lipinski definition) is 3. The quantitative estimate of drug-likeness (QED) is 0.702. The minimum absolute atomic E-state index is 0.209. The summed E-state index contributed by atoms with van der Waals surface area (Å²) in [5, 5.41) is 6.34. The number of nitrogens with one attached hydrogen (secondary N) is 2. The molecule has 0 aromatic rings. The maximum atomic E-state index is 11.3. The van der Waals surface area contributed by atoms with Crippen molar-refractivity contribution in [2.75, 3.05) is 25.1 Å². The predicted molar refractivity (Wildman–Crippen MR) is 57.0 cm³/mol. The monoisotopic (exact) mass is 202 g/mol. The lowest BCUT2D eigenvalue weighted by Gasteiger charge is -2.23. The molecule has 0 aromatic heterocycles. The number of thioether (sulfide) groups is 1. The molecule has 0 radical (unpaired) electrons. The first kappa shape index (κ1) is 10.9. The smallest absolute Gasteiger partial charge is 0.221 e. The van der Waals surface area contributed by atoms with Gasteiger partial charge in [0, 0.05) is 18.2 Å². The number of carbonyl (C=O) groups excluding carboxylic acids is 1. The van der Waals surface area contributed by atoms with E-state index in [2.05, 4.69) is 10.6 Å². The van der Waals surface area contributed by atoms with Gasteiger partial charge in [-0.15, -0.1) is 0 Å². The molecule has 1 saturated heterocycles. The number of carbonyl (C=O) groups is 1. The fourth-order valence-electron chi connectivity index (χ4n) is 1.46. The minimum atomic E-state index is 0.209. The molecule has 1 aliphatic heterocycles. The van der Waals surface area contributed by atoms with Gasteiger partial charge in [-0.25, -0.2) is 0 Å². The Morgan fingerprint density at radius 2 is 2.23 bits per heavy atom. The Hall–Kier alpha value is -0.220. The second-order valence-electron chi connectivity index (χ2n) is 3.33. The summed E-state index contributed by atoms with van der Waals surface area (Å²) in [5.41, 5.74) is 0. The number of amides is 1. The number of rotatable bonds is 4. The minimum Gasteiger partial charge on any atom is -0.353 e. The van der Waals surface area contributed by atoms with Crippen LogP contribution in [0.1, 0.15) is 19.3 Å². The number of hydrogen-bond donors (Lipinski definition) is 2. The second kappa shape index (κ2) is 6.27. The number of piperidine rings is 1. The van der Waals surface area contributed by atoms with Crippen molar-refractivity contribution in [2.24, 2.45) is 0 Å². The summed E-state index contributed by atoms with van der Waals surface area (Å²) < 4.78 is 0. The third-order valence-corrected chi connectivity index (χ3v) is 2.85. The lowest BCUT2D eigenvalue weighted by atomic mass is 10.1. The van der Waals surface area contributed by atoms with Gasteiger partial charge in [0.05, 0.1) is 0 Å². The fourth-order valence-corrected chi connectivity index (χ4v) is 1.85. The van der Waals surface area contributed by atoms with Gasteiger partial charge in [-0.1, -0.05) is 0 Å². The summed E-state index contributed by atoms with van der Waals surface area (Å²) in [5.74, 6) is 1.14. The molecule has 3 nitrogen and oxygen atoms in total. The van der Waals surface area contributed by atoms with Gasteiger partial charge in [0.25, 0.3) is 0 Å². The molecule has 1 heterocycles. The first-order chi connectivity index (χ1) is 6.33. The van der Waals surface area contributed by atoms with Crippen LogP contribution in [0.4, 0.5) is 0 Å². The van der Waals surface area contributed by atoms with Crippen molar-refractivity contribution in [1.29, 1.82) is 0 Å². The Labute approximate surface area is 84.0 Å². The van der Waals surface area contributed by atoms with E-state index in [9.17, 15) is 4.79 Å². The Morgan fingerprint density at radius 1 is 1.54 bits per heavy atom. The molecule has 4 heteroatoms. The van der Waals surface area contributed by atoms with Gasteiger partial charge in [0.2, 0.25) is 5.91 Å². The molecule has 0 atom stereocenters. The van der Waals surface area contributed by atoms with Crippen LogP contribution in [-0.4, -0.2) is 37.0 Å². The first-order valence-electron chi connectivity index (χ1n) is 4.82. The van der Waals surface area contributed by atoms with Crippen LogP contribution in [0.15, 0.2) is 0 Å². The molecule has 1 aliphatic rings. The molecule has 0 spiro atoms. The van der Waals surface area contributed by atoms with Crippen molar-refractivity contribution in [1.82, 2.24) is 10.6 Å². The van der Waals surface area contributed by atoms with Gasteiger partial charge in [0.1, 0.15) is 0 Å². The van der Waals surface area contributed by atoms with Crippen LogP contribution in [0.3, 0.4) is 0 Å². The molecule has 1 fully saturated rings. The van der Waals surface area contributed by atoms with Gasteiger partial charge in [-0.05, 0) is 32.2 Å². The third-order valence-electron chi connectivity index (χ3n) is 2.24. The zero-order valence-electron chi connectivity index (χ0n) is 8.14. The van der Waals surface area contributed by atoms with Gasteiger partial charge < -0.3 is 10.6 Å². The highest BCUT2D eigenvalue weighted by atomic mass is 32.2. The molecule has 0 aliphatic carbocycles. The van der Waals surface area contributed by atoms with Crippen molar-refractivity contribution < 1.29 is 4.79 Å². The van der Waals surface area contributed by atoms with E-state index in [1.54, 1.807) is 11.8 Å². The van der Waals surface area contributed by atoms with Crippen molar-refractivity contribution in [3.8, 4) is 0 Å². The zero-order valence-corrected chi connectivity index (χ0v) is 8.95. The molecule has 0 unspecified atom stereocenters. The van der Waals surface area contributed by atoms with Crippen LogP contribution in [0, 0.1) is 0 Å². The first-order valence-corrected chi connectivity index (χ1v) is 6.21. The topological polar surface area (TPSA) is 41.1 Å². The van der Waals surface area contributed by atoms with Crippen molar-refractivity contribution in [2.45, 2.75) is 25.3 Å². The van der Waals surface area contributed by atoms with Gasteiger partial charge in [0.15, 0.2) is 0 Å². The molecule has 1 rings (SSSR count). The highest BCUT2D eigenvalue weighted by Crippen LogP contribution is 2.03. The molecule has 13 heavy (non-hydrogen) atoms. The van der Waals surface area contributed by atoms with E-state index in [0.717, 1.165) is 31.7 Å². The summed E-state index contributed by atoms with van der Waals surface area (Å²) in [7, 11) is 0. The fraction of sp³-hybridized carbons (Fsp3) is 0.889. The van der Waals surface area contributed by atoms with Crippen LogP contribution in [0.5, 0.6) is 0 Å². The molecule has 0 bridgehead atoms. The SMILES string of the molecule is CSCCC(=O)NC1CCNCC1. The van der Waals surface area contributed by atoms with E-state index in [4.69, 9.17) is 0 Å². The average molecular weight is 202 g/mol. The van der Waals surface area contributed by atoms with E-state index < -0.39 is 0 Å². The molecular weight excluding hydrogens is 184 g/mol. The molecule has 76 valence electrons. The van der Waals surface area contributed by atoms with E-state index in [-0.39, 0.29) is 5.91 Å². The van der Waals surface area contributed by atoms with Crippen molar-refractivity contribution in [3.63, 3.8) is 0 Å². The Balaban J connectivity index is 2.11. The van der Waals surface area contributed by atoms with E-state index in [0.29, 0.717) is 12.5 Å². The maximum absolute atomic E-state index is 11.3. The Bertz CT molecular complexity index is 158. The summed E-state index contributed by atoms with van der Waals surface area (Å²) >= 11 is 1.72. The lowest BCUT2D eigenvalue weighted by Crippen LogP contribution is -2.42. The van der Waals surface area contributed by atoms with E-state index in [1.165, 1.54) is 0 Å². The molecule has 2 N–H and O–H groups in total. The molecule has 0 saturated carbocycles. The van der Waals surface area contributed by atoms with Gasteiger partial charge in [-0.2, -0.15) is 11.8 Å². The van der Waals surface area contributed by atoms with Crippen molar-refractivity contribution in [3.05, 3.63) is 0 Å². The van der Waals surface area contributed by atoms with Crippen LogP contribution in [0.2, 0.25) is 0 Å². The normalized spacial score (nSPS) is 18.5. The zero-order chi connectivity index (χ0) is 9.52. The third kappa shape index (κ3) is 4.52. The second-order valence-corrected chi connectivity index (χ2v) is 4.32. The van der Waals surface area contributed by atoms with E-state index in [1.807, 2.05) is 6.26 Å². The Morgan fingerprint density at radius 3 is 2.85 bits per heavy atom.